The van der Waals surface area contributed by atoms with Gasteiger partial charge in [0.1, 0.15) is 0 Å². The van der Waals surface area contributed by atoms with Crippen molar-refractivity contribution in [2.24, 2.45) is 4.99 Å². The standard InChI is InChI=1S/C17H27N3O2S.HI/c1-2-18-16(20-14-17(21)8-11-22-12-9-17)19-10-13-23-15-6-4-3-5-7-15;/h3-7,21H,2,8-14H2,1H3,(H2,18,19,20);1H. The third-order valence-electron chi connectivity index (χ3n) is 3.71. The van der Waals surface area contributed by atoms with E-state index in [1.165, 1.54) is 4.90 Å². The van der Waals surface area contributed by atoms with Crippen LogP contribution in [-0.4, -0.2) is 55.3 Å². The fourth-order valence-corrected chi connectivity index (χ4v) is 3.12. The lowest BCUT2D eigenvalue weighted by Gasteiger charge is -2.30. The summed E-state index contributed by atoms with van der Waals surface area (Å²) in [5.74, 6) is 1.73. The molecule has 0 aliphatic carbocycles. The SMILES string of the molecule is CCNC(=NCC1(O)CCOCC1)NCCSc1ccccc1.I. The number of hydrogen-bond donors (Lipinski definition) is 3. The molecule has 0 atom stereocenters. The van der Waals surface area contributed by atoms with Crippen molar-refractivity contribution in [1.82, 2.24) is 10.6 Å². The molecule has 0 bridgehead atoms. The molecule has 0 radical (unpaired) electrons. The van der Waals surface area contributed by atoms with Gasteiger partial charge in [-0.3, -0.25) is 4.99 Å². The minimum Gasteiger partial charge on any atom is -0.388 e. The van der Waals surface area contributed by atoms with Gasteiger partial charge < -0.3 is 20.5 Å². The maximum atomic E-state index is 10.5. The van der Waals surface area contributed by atoms with Gasteiger partial charge in [0, 0.05) is 49.8 Å². The minimum atomic E-state index is -0.723. The van der Waals surface area contributed by atoms with E-state index in [1.54, 1.807) is 0 Å². The second kappa shape index (κ2) is 11.9. The zero-order valence-electron chi connectivity index (χ0n) is 14.2. The molecule has 0 spiro atoms. The molecule has 0 saturated carbocycles. The summed E-state index contributed by atoms with van der Waals surface area (Å²) in [6.45, 7) is 5.32. The number of aliphatic imine (C=N–C) groups is 1. The van der Waals surface area contributed by atoms with Crippen LogP contribution in [0.5, 0.6) is 0 Å². The summed E-state index contributed by atoms with van der Waals surface area (Å²) in [6, 6.07) is 10.4. The number of nitrogens with one attached hydrogen (secondary N) is 2. The normalized spacial score (nSPS) is 17.0. The van der Waals surface area contributed by atoms with Crippen LogP contribution in [0.1, 0.15) is 19.8 Å². The summed E-state index contributed by atoms with van der Waals surface area (Å²) in [4.78, 5) is 5.80. The Morgan fingerprint density at radius 1 is 1.25 bits per heavy atom. The molecule has 1 heterocycles. The van der Waals surface area contributed by atoms with E-state index < -0.39 is 5.60 Å². The quantitative estimate of drug-likeness (QED) is 0.190. The van der Waals surface area contributed by atoms with Crippen molar-refractivity contribution in [3.05, 3.63) is 30.3 Å². The van der Waals surface area contributed by atoms with Crippen molar-refractivity contribution in [2.75, 3.05) is 38.6 Å². The summed E-state index contributed by atoms with van der Waals surface area (Å²) in [5, 5.41) is 17.0. The Morgan fingerprint density at radius 2 is 1.96 bits per heavy atom. The average Bonchev–Trinajstić information content (AvgIpc) is 2.58. The van der Waals surface area contributed by atoms with Crippen molar-refractivity contribution in [3.8, 4) is 0 Å². The zero-order chi connectivity index (χ0) is 16.4. The molecule has 1 aromatic carbocycles. The molecule has 1 saturated heterocycles. The van der Waals surface area contributed by atoms with Crippen molar-refractivity contribution < 1.29 is 9.84 Å². The Labute approximate surface area is 166 Å². The maximum Gasteiger partial charge on any atom is 0.191 e. The third kappa shape index (κ3) is 8.04. The molecule has 2 rings (SSSR count). The molecule has 3 N–H and O–H groups in total. The number of halogens is 1. The first-order valence-electron chi connectivity index (χ1n) is 8.22. The first-order valence-corrected chi connectivity index (χ1v) is 9.20. The second-order valence-corrected chi connectivity index (χ2v) is 6.79. The molecule has 136 valence electrons. The number of thioether (sulfide) groups is 1. The molecule has 1 fully saturated rings. The van der Waals surface area contributed by atoms with Gasteiger partial charge in [-0.15, -0.1) is 35.7 Å². The Morgan fingerprint density at radius 3 is 2.62 bits per heavy atom. The predicted octanol–water partition coefficient (Wildman–Crippen LogP) is 2.49. The smallest absolute Gasteiger partial charge is 0.191 e. The van der Waals surface area contributed by atoms with Crippen LogP contribution >= 0.6 is 35.7 Å². The first-order chi connectivity index (χ1) is 11.2. The van der Waals surface area contributed by atoms with Crippen LogP contribution in [0.2, 0.25) is 0 Å². The number of aliphatic hydroxyl groups is 1. The predicted molar refractivity (Wildman–Crippen MR) is 112 cm³/mol. The van der Waals surface area contributed by atoms with Crippen molar-refractivity contribution in [3.63, 3.8) is 0 Å². The Kier molecular flexibility index (Phi) is 10.7. The Bertz CT molecular complexity index is 482. The summed E-state index contributed by atoms with van der Waals surface area (Å²) in [5.41, 5.74) is -0.723. The summed E-state index contributed by atoms with van der Waals surface area (Å²) >= 11 is 1.81. The number of hydrogen-bond acceptors (Lipinski definition) is 4. The van der Waals surface area contributed by atoms with E-state index >= 15 is 0 Å². The number of rotatable bonds is 7. The Hall–Kier alpha value is -0.510. The highest BCUT2D eigenvalue weighted by Gasteiger charge is 2.29. The van der Waals surface area contributed by atoms with E-state index in [9.17, 15) is 5.11 Å². The number of ether oxygens (including phenoxy) is 1. The van der Waals surface area contributed by atoms with E-state index in [-0.39, 0.29) is 24.0 Å². The minimum absolute atomic E-state index is 0. The van der Waals surface area contributed by atoms with Gasteiger partial charge in [-0.2, -0.15) is 0 Å². The molecule has 24 heavy (non-hydrogen) atoms. The summed E-state index contributed by atoms with van der Waals surface area (Å²) in [6.07, 6.45) is 1.31. The molecule has 7 heteroatoms. The monoisotopic (exact) mass is 465 g/mol. The van der Waals surface area contributed by atoms with Gasteiger partial charge in [-0.25, -0.2) is 0 Å². The highest BCUT2D eigenvalue weighted by atomic mass is 127. The van der Waals surface area contributed by atoms with Gasteiger partial charge in [-0.1, -0.05) is 18.2 Å². The zero-order valence-corrected chi connectivity index (χ0v) is 17.3. The Balaban J connectivity index is 0.00000288. The van der Waals surface area contributed by atoms with E-state index in [0.717, 1.165) is 24.8 Å². The van der Waals surface area contributed by atoms with Gasteiger partial charge in [0.25, 0.3) is 0 Å². The summed E-state index contributed by atoms with van der Waals surface area (Å²) < 4.78 is 5.30. The number of nitrogens with zero attached hydrogens (tertiary/aromatic N) is 1. The topological polar surface area (TPSA) is 65.9 Å². The van der Waals surface area contributed by atoms with E-state index in [4.69, 9.17) is 4.74 Å². The van der Waals surface area contributed by atoms with Crippen LogP contribution in [0.15, 0.2) is 40.2 Å². The van der Waals surface area contributed by atoms with Crippen LogP contribution < -0.4 is 10.6 Å². The molecule has 1 aliphatic rings. The molecule has 0 unspecified atom stereocenters. The van der Waals surface area contributed by atoms with Crippen molar-refractivity contribution >= 4 is 41.7 Å². The number of benzene rings is 1. The van der Waals surface area contributed by atoms with Gasteiger partial charge in [0.05, 0.1) is 12.1 Å². The maximum absolute atomic E-state index is 10.5. The van der Waals surface area contributed by atoms with E-state index in [2.05, 4.69) is 39.9 Å². The highest BCUT2D eigenvalue weighted by molar-refractivity contribution is 14.0. The van der Waals surface area contributed by atoms with Crippen LogP contribution in [-0.2, 0) is 4.74 Å². The molecular formula is C17H28IN3O2S. The fourth-order valence-electron chi connectivity index (χ4n) is 2.33. The van der Waals surface area contributed by atoms with Crippen LogP contribution in [0.25, 0.3) is 0 Å². The lowest BCUT2D eigenvalue weighted by atomic mass is 9.95. The number of guanidine groups is 1. The first kappa shape index (κ1) is 21.5. The van der Waals surface area contributed by atoms with Gasteiger partial charge in [0.15, 0.2) is 5.96 Å². The van der Waals surface area contributed by atoms with Gasteiger partial charge in [0.2, 0.25) is 0 Å². The lowest BCUT2D eigenvalue weighted by molar-refractivity contribution is -0.0565. The lowest BCUT2D eigenvalue weighted by Crippen LogP contribution is -2.43. The molecular weight excluding hydrogens is 437 g/mol. The van der Waals surface area contributed by atoms with E-state index in [0.29, 0.717) is 32.6 Å². The fraction of sp³-hybridized carbons (Fsp3) is 0.588. The second-order valence-electron chi connectivity index (χ2n) is 5.62. The van der Waals surface area contributed by atoms with Crippen LogP contribution in [0, 0.1) is 0 Å². The van der Waals surface area contributed by atoms with Crippen molar-refractivity contribution in [1.29, 1.82) is 0 Å². The third-order valence-corrected chi connectivity index (χ3v) is 4.72. The molecule has 1 aliphatic heterocycles. The molecule has 5 nitrogen and oxygen atoms in total. The average molecular weight is 465 g/mol. The molecule has 1 aromatic rings. The van der Waals surface area contributed by atoms with Gasteiger partial charge >= 0.3 is 0 Å². The van der Waals surface area contributed by atoms with Crippen LogP contribution in [0.3, 0.4) is 0 Å². The summed E-state index contributed by atoms with van der Waals surface area (Å²) in [7, 11) is 0. The molecule has 0 amide bonds. The van der Waals surface area contributed by atoms with Gasteiger partial charge in [-0.05, 0) is 19.1 Å². The largest absolute Gasteiger partial charge is 0.388 e. The van der Waals surface area contributed by atoms with E-state index in [1.807, 2.05) is 24.8 Å². The van der Waals surface area contributed by atoms with Crippen LogP contribution in [0.4, 0.5) is 0 Å². The highest BCUT2D eigenvalue weighted by Crippen LogP contribution is 2.20. The van der Waals surface area contributed by atoms with Crippen molar-refractivity contribution in [2.45, 2.75) is 30.3 Å². The molecule has 0 aromatic heterocycles.